The molecule has 0 unspecified atom stereocenters. The third kappa shape index (κ3) is 7.03. The van der Waals surface area contributed by atoms with Crippen LogP contribution in [0, 0.1) is 0 Å². The summed E-state index contributed by atoms with van der Waals surface area (Å²) < 4.78 is 23.6. The van der Waals surface area contributed by atoms with Gasteiger partial charge in [-0.25, -0.2) is 0 Å². The summed E-state index contributed by atoms with van der Waals surface area (Å²) in [6.45, 7) is 14.4. The monoisotopic (exact) mass is 430 g/mol. The molecule has 0 N–H and O–H groups in total. The molecule has 0 fully saturated rings. The van der Waals surface area contributed by atoms with Gasteiger partial charge in [-0.3, -0.25) is 0 Å². The molecular weight excluding hydrogens is 392 g/mol. The van der Waals surface area contributed by atoms with Crippen LogP contribution in [-0.2, 0) is 18.6 Å². The molecule has 0 saturated heterocycles. The summed E-state index contributed by atoms with van der Waals surface area (Å²) >= 11 is 0. The summed E-state index contributed by atoms with van der Waals surface area (Å²) in [5.41, 5.74) is 0. The molecule has 0 amide bonds. The van der Waals surface area contributed by atoms with Crippen LogP contribution in [0.3, 0.4) is 0 Å². The Morgan fingerprint density at radius 1 is 0.667 bits per heavy atom. The van der Waals surface area contributed by atoms with Gasteiger partial charge in [-0.05, 0) is 29.3 Å². The standard InChI is InChI=1S/C25H38O4Si/c1-22(2)28-20-18-26-16-17-27-19-21-29-30(25(3,4)5,23-12-8-6-9-13-23)24-14-10-7-11-15-24/h6-15,22H,16-21H2,1-5H3. The molecule has 0 saturated carbocycles. The van der Waals surface area contributed by atoms with Gasteiger partial charge >= 0.3 is 0 Å². The van der Waals surface area contributed by atoms with E-state index in [1.165, 1.54) is 10.4 Å². The minimum atomic E-state index is -2.47. The van der Waals surface area contributed by atoms with Crippen LogP contribution in [0.4, 0.5) is 0 Å². The van der Waals surface area contributed by atoms with E-state index in [9.17, 15) is 0 Å². The summed E-state index contributed by atoms with van der Waals surface area (Å²) in [4.78, 5) is 0. The van der Waals surface area contributed by atoms with Gasteiger partial charge in [0.2, 0.25) is 0 Å². The molecule has 0 bridgehead atoms. The van der Waals surface area contributed by atoms with Crippen LogP contribution in [0.1, 0.15) is 34.6 Å². The molecule has 0 radical (unpaired) electrons. The zero-order valence-electron chi connectivity index (χ0n) is 19.2. The van der Waals surface area contributed by atoms with E-state index in [0.29, 0.717) is 39.6 Å². The smallest absolute Gasteiger partial charge is 0.261 e. The molecule has 0 aliphatic carbocycles. The maximum absolute atomic E-state index is 6.79. The van der Waals surface area contributed by atoms with Crippen molar-refractivity contribution in [2.24, 2.45) is 0 Å². The van der Waals surface area contributed by atoms with Gasteiger partial charge in [-0.2, -0.15) is 0 Å². The van der Waals surface area contributed by atoms with Gasteiger partial charge in [0.25, 0.3) is 8.32 Å². The van der Waals surface area contributed by atoms with Crippen molar-refractivity contribution in [3.63, 3.8) is 0 Å². The third-order valence-corrected chi connectivity index (χ3v) is 10.1. The minimum absolute atomic E-state index is 0.0186. The summed E-state index contributed by atoms with van der Waals surface area (Å²) in [7, 11) is -2.47. The van der Waals surface area contributed by atoms with Gasteiger partial charge in [-0.1, -0.05) is 81.4 Å². The summed E-state index contributed by atoms with van der Waals surface area (Å²) in [6.07, 6.45) is 0.239. The lowest BCUT2D eigenvalue weighted by Gasteiger charge is -2.43. The number of rotatable bonds is 13. The van der Waals surface area contributed by atoms with Gasteiger partial charge < -0.3 is 18.6 Å². The van der Waals surface area contributed by atoms with E-state index in [4.69, 9.17) is 18.6 Å². The lowest BCUT2D eigenvalue weighted by molar-refractivity contribution is -0.00502. The highest BCUT2D eigenvalue weighted by molar-refractivity contribution is 6.99. The SMILES string of the molecule is CC(C)OCCOCCOCCO[Si](c1ccccc1)(c1ccccc1)C(C)(C)C. The molecule has 2 rings (SSSR count). The second-order valence-corrected chi connectivity index (χ2v) is 13.0. The predicted octanol–water partition coefficient (Wildman–Crippen LogP) is 4.02. The van der Waals surface area contributed by atoms with Crippen molar-refractivity contribution in [3.05, 3.63) is 60.7 Å². The van der Waals surface area contributed by atoms with Crippen molar-refractivity contribution in [3.8, 4) is 0 Å². The number of ether oxygens (including phenoxy) is 3. The highest BCUT2D eigenvalue weighted by atomic mass is 28.4. The summed E-state index contributed by atoms with van der Waals surface area (Å²) in [5, 5.41) is 2.56. The quantitative estimate of drug-likeness (QED) is 0.355. The molecule has 2 aromatic rings. The average Bonchev–Trinajstić information content (AvgIpc) is 2.72. The highest BCUT2D eigenvalue weighted by Crippen LogP contribution is 2.36. The molecule has 0 aliphatic rings. The highest BCUT2D eigenvalue weighted by Gasteiger charge is 2.49. The molecule has 0 aromatic heterocycles. The molecule has 2 aromatic carbocycles. The van der Waals surface area contributed by atoms with Crippen molar-refractivity contribution < 1.29 is 18.6 Å². The van der Waals surface area contributed by atoms with Gasteiger partial charge in [-0.15, -0.1) is 0 Å². The molecule has 0 heterocycles. The third-order valence-electron chi connectivity index (χ3n) is 5.01. The van der Waals surface area contributed by atoms with Crippen LogP contribution in [-0.4, -0.2) is 54.1 Å². The zero-order valence-corrected chi connectivity index (χ0v) is 20.2. The Balaban J connectivity index is 1.95. The van der Waals surface area contributed by atoms with E-state index in [-0.39, 0.29) is 11.1 Å². The van der Waals surface area contributed by atoms with E-state index in [0.717, 1.165) is 0 Å². The maximum Gasteiger partial charge on any atom is 0.261 e. The number of hydrogen-bond acceptors (Lipinski definition) is 4. The van der Waals surface area contributed by atoms with Crippen LogP contribution in [0.2, 0.25) is 5.04 Å². The Bertz CT molecular complexity index is 659. The van der Waals surface area contributed by atoms with Crippen LogP contribution in [0.25, 0.3) is 0 Å². The summed E-state index contributed by atoms with van der Waals surface area (Å²) in [6, 6.07) is 21.4. The Kier molecular flexibility index (Phi) is 10.2. The van der Waals surface area contributed by atoms with E-state index in [2.05, 4.69) is 81.4 Å². The topological polar surface area (TPSA) is 36.9 Å². The first-order valence-corrected chi connectivity index (χ1v) is 12.8. The molecule has 0 aliphatic heterocycles. The molecule has 30 heavy (non-hydrogen) atoms. The number of hydrogen-bond donors (Lipinski definition) is 0. The molecule has 166 valence electrons. The fourth-order valence-corrected chi connectivity index (χ4v) is 8.22. The lowest BCUT2D eigenvalue weighted by atomic mass is 10.2. The van der Waals surface area contributed by atoms with Crippen molar-refractivity contribution in [2.45, 2.75) is 45.8 Å². The zero-order chi connectivity index (χ0) is 21.9. The molecular formula is C25H38O4Si. The Morgan fingerprint density at radius 3 is 1.53 bits per heavy atom. The van der Waals surface area contributed by atoms with Crippen molar-refractivity contribution in [1.29, 1.82) is 0 Å². The molecule has 0 spiro atoms. The first-order chi connectivity index (χ1) is 14.4. The van der Waals surface area contributed by atoms with E-state index < -0.39 is 8.32 Å². The van der Waals surface area contributed by atoms with Crippen molar-refractivity contribution in [1.82, 2.24) is 0 Å². The molecule has 0 atom stereocenters. The van der Waals surface area contributed by atoms with Gasteiger partial charge in [0.05, 0.1) is 45.7 Å². The van der Waals surface area contributed by atoms with Gasteiger partial charge in [0.15, 0.2) is 0 Å². The minimum Gasteiger partial charge on any atom is -0.405 e. The normalized spacial score (nSPS) is 12.5. The van der Waals surface area contributed by atoms with Crippen molar-refractivity contribution >= 4 is 18.7 Å². The Morgan fingerprint density at radius 2 is 1.10 bits per heavy atom. The average molecular weight is 431 g/mol. The first-order valence-electron chi connectivity index (χ1n) is 10.9. The van der Waals surface area contributed by atoms with E-state index >= 15 is 0 Å². The van der Waals surface area contributed by atoms with Crippen molar-refractivity contribution in [2.75, 3.05) is 39.6 Å². The second-order valence-electron chi connectivity index (χ2n) is 8.66. The predicted molar refractivity (Wildman–Crippen MR) is 126 cm³/mol. The fraction of sp³-hybridized carbons (Fsp3) is 0.520. The Labute approximate surface area is 183 Å². The fourth-order valence-electron chi connectivity index (χ4n) is 3.68. The van der Waals surface area contributed by atoms with Crippen LogP contribution >= 0.6 is 0 Å². The van der Waals surface area contributed by atoms with E-state index in [1.54, 1.807) is 0 Å². The second kappa shape index (κ2) is 12.4. The van der Waals surface area contributed by atoms with Gasteiger partial charge in [0, 0.05) is 0 Å². The van der Waals surface area contributed by atoms with Crippen LogP contribution in [0.5, 0.6) is 0 Å². The van der Waals surface area contributed by atoms with Crippen LogP contribution in [0.15, 0.2) is 60.7 Å². The Hall–Kier alpha value is -1.50. The van der Waals surface area contributed by atoms with Crippen LogP contribution < -0.4 is 10.4 Å². The largest absolute Gasteiger partial charge is 0.405 e. The van der Waals surface area contributed by atoms with E-state index in [1.807, 2.05) is 13.8 Å². The maximum atomic E-state index is 6.79. The summed E-state index contributed by atoms with van der Waals surface area (Å²) in [5.74, 6) is 0. The van der Waals surface area contributed by atoms with Gasteiger partial charge in [0.1, 0.15) is 0 Å². The lowest BCUT2D eigenvalue weighted by Crippen LogP contribution is -2.66. The molecule has 5 heteroatoms. The number of benzene rings is 2. The molecule has 4 nitrogen and oxygen atoms in total. The first kappa shape index (κ1) is 24.8.